The quantitative estimate of drug-likeness (QED) is 0.826. The van der Waals surface area contributed by atoms with Gasteiger partial charge in [0.15, 0.2) is 5.11 Å². The summed E-state index contributed by atoms with van der Waals surface area (Å²) >= 11 is 5.53. The molecular weight excluding hydrogens is 300 g/mol. The molecule has 1 saturated heterocycles. The van der Waals surface area contributed by atoms with Gasteiger partial charge in [0.2, 0.25) is 0 Å². The molecule has 1 atom stereocenters. The first-order valence-electron chi connectivity index (χ1n) is 7.50. The summed E-state index contributed by atoms with van der Waals surface area (Å²) in [6.45, 7) is 2.82. The van der Waals surface area contributed by atoms with Gasteiger partial charge in [-0.2, -0.15) is 0 Å². The van der Waals surface area contributed by atoms with E-state index in [1.54, 1.807) is 12.5 Å². The van der Waals surface area contributed by atoms with Crippen LogP contribution in [0.1, 0.15) is 24.4 Å². The molecule has 1 fully saturated rings. The second-order valence-electron chi connectivity index (χ2n) is 5.33. The molecule has 6 heteroatoms. The van der Waals surface area contributed by atoms with E-state index in [9.17, 15) is 0 Å². The average molecular weight is 320 g/mol. The van der Waals surface area contributed by atoms with Gasteiger partial charge >= 0.3 is 0 Å². The van der Waals surface area contributed by atoms with Crippen LogP contribution in [0.5, 0.6) is 0 Å². The Hall–Kier alpha value is -1.79. The summed E-state index contributed by atoms with van der Waals surface area (Å²) in [4.78, 5) is 2.09. The van der Waals surface area contributed by atoms with E-state index in [2.05, 4.69) is 10.2 Å². The Bertz CT molecular complexity index is 562. The maximum absolute atomic E-state index is 5.72. The van der Waals surface area contributed by atoms with Crippen molar-refractivity contribution >= 4 is 17.3 Å². The highest BCUT2D eigenvalue weighted by Gasteiger charge is 2.21. The Labute approximate surface area is 135 Å². The van der Waals surface area contributed by atoms with E-state index < -0.39 is 0 Å². The van der Waals surface area contributed by atoms with Crippen LogP contribution in [-0.4, -0.2) is 29.3 Å². The van der Waals surface area contributed by atoms with Crippen molar-refractivity contribution in [3.63, 3.8) is 0 Å². The van der Waals surface area contributed by atoms with E-state index in [1.165, 1.54) is 0 Å². The molecular formula is C16H20N2O3S. The Morgan fingerprint density at radius 1 is 1.23 bits per heavy atom. The standard InChI is InChI=1S/C16H20N2O3S/c22-16(17-10-13-4-1-7-19-13)18(11-14-5-2-8-20-14)12-15-6-3-9-21-15/h1-2,4-5,7-8,15H,3,6,9-12H2,(H,17,22). The van der Waals surface area contributed by atoms with Crippen LogP contribution in [0.4, 0.5) is 0 Å². The van der Waals surface area contributed by atoms with Gasteiger partial charge in [0.25, 0.3) is 0 Å². The zero-order valence-electron chi connectivity index (χ0n) is 12.4. The monoisotopic (exact) mass is 320 g/mol. The zero-order valence-corrected chi connectivity index (χ0v) is 13.2. The molecule has 2 aromatic heterocycles. The first kappa shape index (κ1) is 15.1. The number of rotatable bonds is 6. The molecule has 2 aromatic rings. The van der Waals surface area contributed by atoms with Crippen molar-refractivity contribution in [1.29, 1.82) is 0 Å². The molecule has 22 heavy (non-hydrogen) atoms. The molecule has 118 valence electrons. The number of hydrogen-bond donors (Lipinski definition) is 1. The van der Waals surface area contributed by atoms with E-state index in [0.717, 1.165) is 37.5 Å². The van der Waals surface area contributed by atoms with Gasteiger partial charge in [-0.25, -0.2) is 0 Å². The number of furan rings is 2. The van der Waals surface area contributed by atoms with Crippen molar-refractivity contribution in [2.75, 3.05) is 13.2 Å². The molecule has 0 bridgehead atoms. The normalized spacial score (nSPS) is 17.5. The molecule has 1 aliphatic rings. The van der Waals surface area contributed by atoms with Crippen LogP contribution < -0.4 is 5.32 Å². The van der Waals surface area contributed by atoms with Crippen molar-refractivity contribution < 1.29 is 13.6 Å². The SMILES string of the molecule is S=C(NCc1ccco1)N(Cc1ccco1)CC1CCCO1. The Balaban J connectivity index is 1.59. The van der Waals surface area contributed by atoms with E-state index in [4.69, 9.17) is 25.8 Å². The summed E-state index contributed by atoms with van der Waals surface area (Å²) in [5, 5.41) is 3.92. The number of thiocarbonyl (C=S) groups is 1. The third-order valence-corrected chi connectivity index (χ3v) is 4.06. The second kappa shape index (κ2) is 7.47. The van der Waals surface area contributed by atoms with Crippen molar-refractivity contribution in [1.82, 2.24) is 10.2 Å². The number of hydrogen-bond acceptors (Lipinski definition) is 4. The predicted octanol–water partition coefficient (Wildman–Crippen LogP) is 2.93. The van der Waals surface area contributed by atoms with Gasteiger partial charge < -0.3 is 23.8 Å². The van der Waals surface area contributed by atoms with Crippen molar-refractivity contribution in [2.24, 2.45) is 0 Å². The van der Waals surface area contributed by atoms with Crippen LogP contribution in [0.2, 0.25) is 0 Å². The lowest BCUT2D eigenvalue weighted by Gasteiger charge is -2.27. The van der Waals surface area contributed by atoms with Crippen LogP contribution in [0, 0.1) is 0 Å². The van der Waals surface area contributed by atoms with E-state index in [0.29, 0.717) is 18.2 Å². The highest BCUT2D eigenvalue weighted by atomic mass is 32.1. The van der Waals surface area contributed by atoms with Gasteiger partial charge in [0.1, 0.15) is 11.5 Å². The van der Waals surface area contributed by atoms with Crippen LogP contribution in [0.25, 0.3) is 0 Å². The zero-order chi connectivity index (χ0) is 15.2. The van der Waals surface area contributed by atoms with Crippen LogP contribution in [-0.2, 0) is 17.8 Å². The van der Waals surface area contributed by atoms with Crippen molar-refractivity contribution in [2.45, 2.75) is 32.0 Å². The average Bonchev–Trinajstić information content (AvgIpc) is 3.27. The maximum Gasteiger partial charge on any atom is 0.169 e. The molecule has 0 radical (unpaired) electrons. The van der Waals surface area contributed by atoms with Gasteiger partial charge in [0, 0.05) is 13.2 Å². The number of nitrogens with zero attached hydrogens (tertiary/aromatic N) is 1. The lowest BCUT2D eigenvalue weighted by atomic mass is 10.2. The van der Waals surface area contributed by atoms with Crippen molar-refractivity contribution in [3.8, 4) is 0 Å². The topological polar surface area (TPSA) is 50.8 Å². The van der Waals surface area contributed by atoms with Gasteiger partial charge in [-0.1, -0.05) is 0 Å². The molecule has 1 unspecified atom stereocenters. The summed E-state index contributed by atoms with van der Waals surface area (Å²) in [5.74, 6) is 1.75. The number of nitrogens with one attached hydrogen (secondary N) is 1. The summed E-state index contributed by atoms with van der Waals surface area (Å²) in [5.41, 5.74) is 0. The lowest BCUT2D eigenvalue weighted by molar-refractivity contribution is 0.0884. The molecule has 1 aliphatic heterocycles. The first-order valence-corrected chi connectivity index (χ1v) is 7.91. The lowest BCUT2D eigenvalue weighted by Crippen LogP contribution is -2.42. The summed E-state index contributed by atoms with van der Waals surface area (Å²) in [7, 11) is 0. The molecule has 3 rings (SSSR count). The second-order valence-corrected chi connectivity index (χ2v) is 5.72. The summed E-state index contributed by atoms with van der Waals surface area (Å²) < 4.78 is 16.5. The van der Waals surface area contributed by atoms with Crippen molar-refractivity contribution in [3.05, 3.63) is 48.3 Å². The van der Waals surface area contributed by atoms with Gasteiger partial charge in [-0.15, -0.1) is 0 Å². The first-order chi connectivity index (χ1) is 10.8. The molecule has 0 amide bonds. The highest BCUT2D eigenvalue weighted by molar-refractivity contribution is 7.80. The number of ether oxygens (including phenoxy) is 1. The third-order valence-electron chi connectivity index (χ3n) is 3.66. The van der Waals surface area contributed by atoms with Crippen LogP contribution in [0.3, 0.4) is 0 Å². The third kappa shape index (κ3) is 4.11. The molecule has 0 aliphatic carbocycles. The minimum Gasteiger partial charge on any atom is -0.467 e. The Kier molecular flexibility index (Phi) is 5.13. The largest absolute Gasteiger partial charge is 0.467 e. The fourth-order valence-corrected chi connectivity index (χ4v) is 2.74. The molecule has 0 spiro atoms. The van der Waals surface area contributed by atoms with Gasteiger partial charge in [-0.3, -0.25) is 0 Å². The van der Waals surface area contributed by atoms with Gasteiger partial charge in [0.05, 0.1) is 31.7 Å². The van der Waals surface area contributed by atoms with E-state index >= 15 is 0 Å². The minimum atomic E-state index is 0.235. The molecule has 3 heterocycles. The fourth-order valence-electron chi connectivity index (χ4n) is 2.53. The van der Waals surface area contributed by atoms with E-state index in [1.807, 2.05) is 24.3 Å². The Morgan fingerprint density at radius 2 is 2.00 bits per heavy atom. The highest BCUT2D eigenvalue weighted by Crippen LogP contribution is 2.15. The van der Waals surface area contributed by atoms with E-state index in [-0.39, 0.29) is 6.10 Å². The Morgan fingerprint density at radius 3 is 2.64 bits per heavy atom. The summed E-state index contributed by atoms with van der Waals surface area (Å²) in [6, 6.07) is 7.64. The smallest absolute Gasteiger partial charge is 0.169 e. The van der Waals surface area contributed by atoms with Gasteiger partial charge in [-0.05, 0) is 49.3 Å². The minimum absolute atomic E-state index is 0.235. The maximum atomic E-state index is 5.72. The predicted molar refractivity (Wildman–Crippen MR) is 86.2 cm³/mol. The fraction of sp³-hybridized carbons (Fsp3) is 0.438. The molecule has 0 saturated carbocycles. The summed E-state index contributed by atoms with van der Waals surface area (Å²) in [6.07, 6.45) is 5.77. The van der Waals surface area contributed by atoms with Crippen LogP contribution in [0.15, 0.2) is 45.6 Å². The molecule has 1 N–H and O–H groups in total. The van der Waals surface area contributed by atoms with Crippen LogP contribution >= 0.6 is 12.2 Å². The molecule has 0 aromatic carbocycles. The molecule has 5 nitrogen and oxygen atoms in total.